The number of para-hydroxylation sites is 2. The molecule has 0 saturated carbocycles. The largest absolute Gasteiger partial charge is 0.489 e. The maximum atomic E-state index is 6.50. The van der Waals surface area contributed by atoms with E-state index in [0.29, 0.717) is 6.61 Å². The Morgan fingerprint density at radius 3 is 2.39 bits per heavy atom. The normalized spacial score (nSPS) is 22.1. The maximum absolute atomic E-state index is 6.50. The quantitative estimate of drug-likeness (QED) is 0.491. The van der Waals surface area contributed by atoms with Crippen LogP contribution in [0.3, 0.4) is 0 Å². The SMILES string of the molecule is CN1CCN(CCC2(c3ccccc3)COc3cccc4c5ccccc5n2c34)CC1. The van der Waals surface area contributed by atoms with Gasteiger partial charge in [0, 0.05) is 43.5 Å². The molecule has 3 heterocycles. The van der Waals surface area contributed by atoms with Gasteiger partial charge in [-0.3, -0.25) is 0 Å². The number of aromatic nitrogens is 1. The van der Waals surface area contributed by atoms with Crippen molar-refractivity contribution in [3.05, 3.63) is 78.4 Å². The van der Waals surface area contributed by atoms with Crippen LogP contribution in [0.1, 0.15) is 12.0 Å². The third-order valence-electron chi connectivity index (χ3n) is 7.30. The molecule has 1 unspecified atom stereocenters. The van der Waals surface area contributed by atoms with Gasteiger partial charge in [-0.05, 0) is 31.2 Å². The highest BCUT2D eigenvalue weighted by Crippen LogP contribution is 2.46. The Morgan fingerprint density at radius 1 is 0.806 bits per heavy atom. The highest BCUT2D eigenvalue weighted by Gasteiger charge is 2.41. The Balaban J connectivity index is 1.54. The fraction of sp³-hybridized carbons (Fsp3) is 0.333. The topological polar surface area (TPSA) is 20.6 Å². The van der Waals surface area contributed by atoms with Crippen molar-refractivity contribution in [3.63, 3.8) is 0 Å². The molecule has 4 nitrogen and oxygen atoms in total. The Bertz CT molecular complexity index is 1220. The molecule has 158 valence electrons. The zero-order chi connectivity index (χ0) is 20.8. The van der Waals surface area contributed by atoms with E-state index in [1.807, 2.05) is 0 Å². The average Bonchev–Trinajstić information content (AvgIpc) is 3.18. The van der Waals surface area contributed by atoms with E-state index >= 15 is 0 Å². The summed E-state index contributed by atoms with van der Waals surface area (Å²) in [6, 6.07) is 26.3. The number of hydrogen-bond donors (Lipinski definition) is 0. The van der Waals surface area contributed by atoms with Gasteiger partial charge >= 0.3 is 0 Å². The molecule has 0 aliphatic carbocycles. The van der Waals surface area contributed by atoms with Gasteiger partial charge in [-0.1, -0.05) is 60.7 Å². The van der Waals surface area contributed by atoms with Gasteiger partial charge in [0.2, 0.25) is 0 Å². The van der Waals surface area contributed by atoms with Crippen LogP contribution in [0.5, 0.6) is 5.75 Å². The van der Waals surface area contributed by atoms with E-state index in [4.69, 9.17) is 4.74 Å². The lowest BCUT2D eigenvalue weighted by Gasteiger charge is -2.42. The van der Waals surface area contributed by atoms with Crippen molar-refractivity contribution in [3.8, 4) is 5.75 Å². The van der Waals surface area contributed by atoms with E-state index < -0.39 is 0 Å². The molecule has 4 heteroatoms. The summed E-state index contributed by atoms with van der Waals surface area (Å²) in [5, 5.41) is 2.59. The van der Waals surface area contributed by atoms with Crippen molar-refractivity contribution >= 4 is 21.8 Å². The number of hydrogen-bond acceptors (Lipinski definition) is 3. The third kappa shape index (κ3) is 2.97. The van der Waals surface area contributed by atoms with Crippen LogP contribution in [0.2, 0.25) is 0 Å². The number of ether oxygens (including phenoxy) is 1. The number of piperazine rings is 1. The van der Waals surface area contributed by atoms with Crippen LogP contribution in [0, 0.1) is 0 Å². The Labute approximate surface area is 183 Å². The molecule has 4 aromatic rings. The average molecular weight is 412 g/mol. The summed E-state index contributed by atoms with van der Waals surface area (Å²) in [6.07, 6.45) is 1.03. The zero-order valence-corrected chi connectivity index (χ0v) is 18.1. The van der Waals surface area contributed by atoms with E-state index in [0.717, 1.165) is 44.9 Å². The van der Waals surface area contributed by atoms with Crippen LogP contribution in [0.4, 0.5) is 0 Å². The molecular formula is C27H29N3O. The standard InChI is InChI=1S/C27H29N3O/c1-28-16-18-29(19-17-28)15-14-27(21-8-3-2-4-9-21)20-31-25-13-7-11-23-22-10-5-6-12-24(22)30(27)26(23)25/h2-13H,14-20H2,1H3. The van der Waals surface area contributed by atoms with Gasteiger partial charge in [-0.25, -0.2) is 0 Å². The molecular weight excluding hydrogens is 382 g/mol. The van der Waals surface area contributed by atoms with Gasteiger partial charge in [0.1, 0.15) is 17.9 Å². The van der Waals surface area contributed by atoms with Gasteiger partial charge in [0.05, 0.1) is 11.0 Å². The minimum Gasteiger partial charge on any atom is -0.489 e. The first kappa shape index (κ1) is 18.9. The van der Waals surface area contributed by atoms with Crippen LogP contribution in [0.15, 0.2) is 72.8 Å². The van der Waals surface area contributed by atoms with Crippen LogP contribution < -0.4 is 4.74 Å². The first-order valence-electron chi connectivity index (χ1n) is 11.4. The molecule has 1 saturated heterocycles. The number of fused-ring (bicyclic) bond motifs is 3. The van der Waals surface area contributed by atoms with Crippen molar-refractivity contribution in [1.29, 1.82) is 0 Å². The van der Waals surface area contributed by atoms with E-state index in [2.05, 4.69) is 94.2 Å². The van der Waals surface area contributed by atoms with Gasteiger partial charge in [-0.2, -0.15) is 0 Å². The first-order valence-corrected chi connectivity index (χ1v) is 11.4. The first-order chi connectivity index (χ1) is 15.3. The second-order valence-electron chi connectivity index (χ2n) is 9.09. The lowest BCUT2D eigenvalue weighted by Crippen LogP contribution is -2.49. The minimum atomic E-state index is -0.222. The second kappa shape index (κ2) is 7.40. The van der Waals surface area contributed by atoms with Gasteiger partial charge in [-0.15, -0.1) is 0 Å². The van der Waals surface area contributed by atoms with Crippen molar-refractivity contribution in [2.75, 3.05) is 46.4 Å². The summed E-state index contributed by atoms with van der Waals surface area (Å²) in [5.74, 6) is 1.000. The van der Waals surface area contributed by atoms with E-state index in [9.17, 15) is 0 Å². The molecule has 0 spiro atoms. The van der Waals surface area contributed by atoms with Gasteiger partial charge in [0.15, 0.2) is 0 Å². The summed E-state index contributed by atoms with van der Waals surface area (Å²) in [7, 11) is 2.22. The molecule has 0 N–H and O–H groups in total. The maximum Gasteiger partial charge on any atom is 0.143 e. The fourth-order valence-corrected chi connectivity index (χ4v) is 5.51. The van der Waals surface area contributed by atoms with Gasteiger partial charge < -0.3 is 19.1 Å². The number of likely N-dealkylation sites (N-methyl/N-ethyl adjacent to an activating group) is 1. The van der Waals surface area contributed by atoms with Crippen LogP contribution in [-0.2, 0) is 5.54 Å². The summed E-state index contributed by atoms with van der Waals surface area (Å²) < 4.78 is 9.10. The fourth-order valence-electron chi connectivity index (χ4n) is 5.51. The molecule has 0 amide bonds. The molecule has 1 fully saturated rings. The van der Waals surface area contributed by atoms with E-state index in [-0.39, 0.29) is 5.54 Å². The van der Waals surface area contributed by atoms with Crippen LogP contribution >= 0.6 is 0 Å². The molecule has 2 aliphatic rings. The molecule has 0 bridgehead atoms. The predicted octanol–water partition coefficient (Wildman–Crippen LogP) is 4.57. The van der Waals surface area contributed by atoms with Crippen molar-refractivity contribution in [1.82, 2.24) is 14.4 Å². The van der Waals surface area contributed by atoms with Crippen molar-refractivity contribution in [2.24, 2.45) is 0 Å². The Hall–Kier alpha value is -2.82. The number of rotatable bonds is 4. The predicted molar refractivity (Wildman–Crippen MR) is 127 cm³/mol. The molecule has 6 rings (SSSR count). The molecule has 3 aromatic carbocycles. The smallest absolute Gasteiger partial charge is 0.143 e. The van der Waals surface area contributed by atoms with Crippen molar-refractivity contribution in [2.45, 2.75) is 12.0 Å². The summed E-state index contributed by atoms with van der Waals surface area (Å²) in [5.41, 5.74) is 3.65. The van der Waals surface area contributed by atoms with Crippen molar-refractivity contribution < 1.29 is 4.74 Å². The van der Waals surface area contributed by atoms with Gasteiger partial charge in [0.25, 0.3) is 0 Å². The molecule has 31 heavy (non-hydrogen) atoms. The van der Waals surface area contributed by atoms with Crippen LogP contribution in [-0.4, -0.2) is 60.7 Å². The van der Waals surface area contributed by atoms with E-state index in [1.54, 1.807) is 0 Å². The Morgan fingerprint density at radius 2 is 1.55 bits per heavy atom. The second-order valence-corrected chi connectivity index (χ2v) is 9.09. The lowest BCUT2D eigenvalue weighted by molar-refractivity contribution is 0.116. The summed E-state index contributed by atoms with van der Waals surface area (Å²) in [4.78, 5) is 5.04. The highest BCUT2D eigenvalue weighted by atomic mass is 16.5. The summed E-state index contributed by atoms with van der Waals surface area (Å²) in [6.45, 7) is 6.31. The number of nitrogens with zero attached hydrogens (tertiary/aromatic N) is 3. The monoisotopic (exact) mass is 411 g/mol. The zero-order valence-electron chi connectivity index (χ0n) is 18.1. The highest BCUT2D eigenvalue weighted by molar-refractivity contribution is 6.10. The van der Waals surface area contributed by atoms with E-state index in [1.165, 1.54) is 27.4 Å². The number of benzene rings is 3. The molecule has 2 aliphatic heterocycles. The molecule has 1 atom stereocenters. The molecule has 1 aromatic heterocycles. The summed E-state index contributed by atoms with van der Waals surface area (Å²) >= 11 is 0. The molecule has 0 radical (unpaired) electrons. The minimum absolute atomic E-state index is 0.222. The van der Waals surface area contributed by atoms with Crippen LogP contribution in [0.25, 0.3) is 21.8 Å². The lowest BCUT2D eigenvalue weighted by atomic mass is 9.85. The Kier molecular flexibility index (Phi) is 4.51. The third-order valence-corrected chi connectivity index (χ3v) is 7.30.